The van der Waals surface area contributed by atoms with E-state index in [1.807, 2.05) is 11.0 Å². The fourth-order valence-corrected chi connectivity index (χ4v) is 4.11. The number of hydrogen-bond acceptors (Lipinski definition) is 6. The third-order valence-electron chi connectivity index (χ3n) is 5.73. The summed E-state index contributed by atoms with van der Waals surface area (Å²) in [5.74, 6) is 5.92. The number of amides is 1. The SMILES string of the molecule is CC#CCn1c(N2CCC[C@@H](N)C2)nc2c1c(=O)n(CC(=O)Nc1ccccc1)c(=O)n2C. The molecule has 0 radical (unpaired) electrons. The van der Waals surface area contributed by atoms with Crippen LogP contribution in [0.5, 0.6) is 0 Å². The Morgan fingerprint density at radius 1 is 1.24 bits per heavy atom. The van der Waals surface area contributed by atoms with Gasteiger partial charge in [0, 0.05) is 31.9 Å². The number of aryl methyl sites for hydroxylation is 1. The molecule has 0 saturated carbocycles. The van der Waals surface area contributed by atoms with Gasteiger partial charge in [-0.3, -0.25) is 18.7 Å². The van der Waals surface area contributed by atoms with Gasteiger partial charge in [-0.1, -0.05) is 24.1 Å². The quantitative estimate of drug-likeness (QED) is 0.547. The summed E-state index contributed by atoms with van der Waals surface area (Å²) in [6, 6.07) is 8.87. The summed E-state index contributed by atoms with van der Waals surface area (Å²) in [6.45, 7) is 2.89. The van der Waals surface area contributed by atoms with Crippen LogP contribution >= 0.6 is 0 Å². The van der Waals surface area contributed by atoms with Gasteiger partial charge >= 0.3 is 5.69 Å². The molecule has 1 aliphatic rings. The van der Waals surface area contributed by atoms with Gasteiger partial charge in [0.25, 0.3) is 5.56 Å². The van der Waals surface area contributed by atoms with Crippen LogP contribution in [0.25, 0.3) is 11.2 Å². The first-order valence-electron chi connectivity index (χ1n) is 10.9. The molecule has 3 aromatic rings. The topological polar surface area (TPSA) is 120 Å². The van der Waals surface area contributed by atoms with E-state index in [-0.39, 0.29) is 23.8 Å². The summed E-state index contributed by atoms with van der Waals surface area (Å²) in [5.41, 5.74) is 6.06. The molecule has 2 aromatic heterocycles. The number of imidazole rings is 1. The van der Waals surface area contributed by atoms with Crippen molar-refractivity contribution < 1.29 is 4.79 Å². The molecule has 0 unspecified atom stereocenters. The van der Waals surface area contributed by atoms with Crippen LogP contribution in [0.3, 0.4) is 0 Å². The van der Waals surface area contributed by atoms with Crippen molar-refractivity contribution in [3.05, 3.63) is 51.2 Å². The Hall–Kier alpha value is -3.84. The Kier molecular flexibility index (Phi) is 6.33. The summed E-state index contributed by atoms with van der Waals surface area (Å²) < 4.78 is 3.96. The Balaban J connectivity index is 1.81. The zero-order valence-corrected chi connectivity index (χ0v) is 18.7. The number of nitrogens with zero attached hydrogens (tertiary/aromatic N) is 5. The van der Waals surface area contributed by atoms with Gasteiger partial charge in [0.1, 0.15) is 6.54 Å². The number of carbonyl (C=O) groups excluding carboxylic acids is 1. The summed E-state index contributed by atoms with van der Waals surface area (Å²) in [6.07, 6.45) is 1.83. The van der Waals surface area contributed by atoms with E-state index in [1.54, 1.807) is 42.8 Å². The minimum atomic E-state index is -0.608. The molecule has 33 heavy (non-hydrogen) atoms. The lowest BCUT2D eigenvalue weighted by Gasteiger charge is -2.31. The number of aromatic nitrogens is 4. The van der Waals surface area contributed by atoms with Gasteiger partial charge < -0.3 is 16.0 Å². The van der Waals surface area contributed by atoms with Crippen LogP contribution in [0.1, 0.15) is 19.8 Å². The van der Waals surface area contributed by atoms with Crippen molar-refractivity contribution in [1.82, 2.24) is 18.7 Å². The molecule has 1 saturated heterocycles. The molecule has 10 nitrogen and oxygen atoms in total. The first-order valence-corrected chi connectivity index (χ1v) is 10.9. The highest BCUT2D eigenvalue weighted by atomic mass is 16.2. The fourth-order valence-electron chi connectivity index (χ4n) is 4.11. The smallest absolute Gasteiger partial charge is 0.332 e. The average molecular weight is 450 g/mol. The Labute approximate surface area is 190 Å². The molecule has 0 aliphatic carbocycles. The maximum atomic E-state index is 13.5. The van der Waals surface area contributed by atoms with E-state index in [4.69, 9.17) is 5.73 Å². The van der Waals surface area contributed by atoms with Crippen molar-refractivity contribution in [1.29, 1.82) is 0 Å². The number of para-hydroxylation sites is 1. The number of anilines is 2. The Morgan fingerprint density at radius 3 is 2.70 bits per heavy atom. The van der Waals surface area contributed by atoms with Crippen molar-refractivity contribution >= 4 is 28.7 Å². The van der Waals surface area contributed by atoms with Crippen LogP contribution in [0, 0.1) is 11.8 Å². The minimum Gasteiger partial charge on any atom is -0.341 e. The van der Waals surface area contributed by atoms with Crippen LogP contribution < -0.4 is 27.2 Å². The maximum absolute atomic E-state index is 13.5. The third kappa shape index (κ3) is 4.40. The Morgan fingerprint density at radius 2 is 2.00 bits per heavy atom. The number of carbonyl (C=O) groups is 1. The molecule has 3 heterocycles. The first kappa shape index (κ1) is 22.4. The van der Waals surface area contributed by atoms with Crippen molar-refractivity contribution in [2.75, 3.05) is 23.3 Å². The zero-order valence-electron chi connectivity index (χ0n) is 18.7. The predicted molar refractivity (Wildman–Crippen MR) is 127 cm³/mol. The highest BCUT2D eigenvalue weighted by Crippen LogP contribution is 2.22. The number of rotatable bonds is 5. The number of nitrogens with one attached hydrogen (secondary N) is 1. The summed E-state index contributed by atoms with van der Waals surface area (Å²) in [5, 5.41) is 2.71. The number of benzene rings is 1. The normalized spacial score (nSPS) is 15.8. The van der Waals surface area contributed by atoms with E-state index in [0.29, 0.717) is 18.2 Å². The van der Waals surface area contributed by atoms with E-state index in [9.17, 15) is 14.4 Å². The molecular weight excluding hydrogens is 422 g/mol. The zero-order chi connectivity index (χ0) is 23.5. The lowest BCUT2D eigenvalue weighted by molar-refractivity contribution is -0.116. The molecule has 1 fully saturated rings. The standard InChI is InChI=1S/C23H27N7O3/c1-3-4-13-29-19-20(26-22(29)28-12-8-9-16(24)14-28)27(2)23(33)30(21(19)32)15-18(31)25-17-10-6-5-7-11-17/h5-7,10-11,16H,8-9,12-15,24H2,1-2H3,(H,25,31)/t16-/m1/s1. The Bertz CT molecular complexity index is 1360. The second-order valence-electron chi connectivity index (χ2n) is 8.09. The van der Waals surface area contributed by atoms with E-state index >= 15 is 0 Å². The molecule has 1 amide bonds. The van der Waals surface area contributed by atoms with Crippen LogP contribution in [-0.4, -0.2) is 43.7 Å². The van der Waals surface area contributed by atoms with Crippen molar-refractivity contribution in [3.8, 4) is 11.8 Å². The average Bonchev–Trinajstić information content (AvgIpc) is 3.19. The van der Waals surface area contributed by atoms with Crippen LogP contribution in [0.2, 0.25) is 0 Å². The van der Waals surface area contributed by atoms with Gasteiger partial charge in [-0.05, 0) is 31.9 Å². The monoisotopic (exact) mass is 449 g/mol. The van der Waals surface area contributed by atoms with Crippen LogP contribution in [0.4, 0.5) is 11.6 Å². The van der Waals surface area contributed by atoms with E-state index in [2.05, 4.69) is 22.1 Å². The first-order chi connectivity index (χ1) is 15.9. The predicted octanol–water partition coefficient (Wildman–Crippen LogP) is 0.486. The van der Waals surface area contributed by atoms with E-state index < -0.39 is 23.7 Å². The molecule has 3 N–H and O–H groups in total. The lowest BCUT2D eigenvalue weighted by Crippen LogP contribution is -2.44. The van der Waals surface area contributed by atoms with Gasteiger partial charge in [-0.25, -0.2) is 9.36 Å². The summed E-state index contributed by atoms with van der Waals surface area (Å²) in [7, 11) is 1.55. The van der Waals surface area contributed by atoms with Gasteiger partial charge in [0.2, 0.25) is 11.9 Å². The lowest BCUT2D eigenvalue weighted by atomic mass is 10.1. The molecule has 1 atom stereocenters. The van der Waals surface area contributed by atoms with Crippen molar-refractivity contribution in [2.24, 2.45) is 12.8 Å². The van der Waals surface area contributed by atoms with Crippen molar-refractivity contribution in [3.63, 3.8) is 0 Å². The fraction of sp³-hybridized carbons (Fsp3) is 0.391. The molecule has 4 rings (SSSR count). The maximum Gasteiger partial charge on any atom is 0.332 e. The third-order valence-corrected chi connectivity index (χ3v) is 5.73. The summed E-state index contributed by atoms with van der Waals surface area (Å²) in [4.78, 5) is 45.7. The summed E-state index contributed by atoms with van der Waals surface area (Å²) >= 11 is 0. The molecule has 0 bridgehead atoms. The van der Waals surface area contributed by atoms with E-state index in [1.165, 1.54) is 4.57 Å². The number of nitrogens with two attached hydrogens (primary N) is 1. The van der Waals surface area contributed by atoms with Gasteiger partial charge in [0.15, 0.2) is 11.2 Å². The molecule has 1 aliphatic heterocycles. The second-order valence-corrected chi connectivity index (χ2v) is 8.09. The minimum absolute atomic E-state index is 0.00595. The highest BCUT2D eigenvalue weighted by molar-refractivity contribution is 5.90. The molecule has 1 aromatic carbocycles. The highest BCUT2D eigenvalue weighted by Gasteiger charge is 2.26. The van der Waals surface area contributed by atoms with Gasteiger partial charge in [0.05, 0.1) is 6.54 Å². The molecular formula is C23H27N7O3. The second kappa shape index (κ2) is 9.34. The van der Waals surface area contributed by atoms with Gasteiger partial charge in [-0.15, -0.1) is 5.92 Å². The van der Waals surface area contributed by atoms with Crippen molar-refractivity contribution in [2.45, 2.75) is 38.9 Å². The van der Waals surface area contributed by atoms with Gasteiger partial charge in [-0.2, -0.15) is 4.98 Å². The number of hydrogen-bond donors (Lipinski definition) is 2. The van der Waals surface area contributed by atoms with E-state index in [0.717, 1.165) is 24.0 Å². The number of fused-ring (bicyclic) bond motifs is 1. The van der Waals surface area contributed by atoms with Crippen LogP contribution in [-0.2, 0) is 24.9 Å². The molecule has 0 spiro atoms. The number of piperidine rings is 1. The molecule has 172 valence electrons. The van der Waals surface area contributed by atoms with Crippen LogP contribution in [0.15, 0.2) is 39.9 Å². The molecule has 10 heteroatoms. The largest absolute Gasteiger partial charge is 0.341 e.